The molecule has 116 valence electrons. The second kappa shape index (κ2) is 5.85. The zero-order chi connectivity index (χ0) is 15.9. The fourth-order valence-corrected chi connectivity index (χ4v) is 5.53. The number of benzene rings is 2. The molecule has 0 aromatic heterocycles. The smallest absolute Gasteiger partial charge is 0.182 e. The molecule has 2 N–H and O–H groups in total. The zero-order valence-electron chi connectivity index (χ0n) is 11.6. The summed E-state index contributed by atoms with van der Waals surface area (Å²) in [5.41, 5.74) is 6.69. The van der Waals surface area contributed by atoms with Crippen molar-refractivity contribution >= 4 is 33.0 Å². The summed E-state index contributed by atoms with van der Waals surface area (Å²) in [5.74, 6) is -0.191. The Morgan fingerprint density at radius 2 is 1.68 bits per heavy atom. The van der Waals surface area contributed by atoms with Crippen molar-refractivity contribution < 1.29 is 8.42 Å². The first-order chi connectivity index (χ1) is 10.4. The van der Waals surface area contributed by atoms with E-state index >= 15 is 0 Å². The molecule has 2 aromatic carbocycles. The summed E-state index contributed by atoms with van der Waals surface area (Å²) in [4.78, 5) is 0.282. The number of halogens is 2. The van der Waals surface area contributed by atoms with Gasteiger partial charge in [0, 0.05) is 16.0 Å². The van der Waals surface area contributed by atoms with Gasteiger partial charge in [-0.05, 0) is 54.4 Å². The lowest BCUT2D eigenvalue weighted by molar-refractivity contribution is 0.591. The summed E-state index contributed by atoms with van der Waals surface area (Å²) in [6.07, 6.45) is 0. The normalized spacial score (nSPS) is 24.2. The third-order valence-electron chi connectivity index (χ3n) is 4.10. The molecule has 0 saturated heterocycles. The van der Waals surface area contributed by atoms with Gasteiger partial charge in [-0.25, -0.2) is 8.42 Å². The monoisotopic (exact) mass is 355 g/mol. The van der Waals surface area contributed by atoms with Crippen LogP contribution in [0, 0.1) is 5.92 Å². The molecule has 1 fully saturated rings. The van der Waals surface area contributed by atoms with E-state index in [2.05, 4.69) is 0 Å². The molecule has 1 saturated carbocycles. The Kier molecular flexibility index (Phi) is 4.21. The van der Waals surface area contributed by atoms with Gasteiger partial charge in [0.25, 0.3) is 0 Å². The van der Waals surface area contributed by atoms with Crippen LogP contribution in [0.3, 0.4) is 0 Å². The van der Waals surface area contributed by atoms with Gasteiger partial charge in [0.1, 0.15) is 0 Å². The highest BCUT2D eigenvalue weighted by molar-refractivity contribution is 7.92. The van der Waals surface area contributed by atoms with E-state index in [0.717, 1.165) is 5.56 Å². The molecule has 22 heavy (non-hydrogen) atoms. The highest BCUT2D eigenvalue weighted by atomic mass is 35.5. The first-order valence-corrected chi connectivity index (χ1v) is 9.20. The Morgan fingerprint density at radius 3 is 2.27 bits per heavy atom. The topological polar surface area (TPSA) is 60.2 Å². The molecule has 2 aromatic rings. The molecular formula is C16H15Cl2NO2S. The molecule has 6 heteroatoms. The van der Waals surface area contributed by atoms with E-state index in [0.29, 0.717) is 16.6 Å². The number of nitrogens with two attached hydrogens (primary N) is 1. The first kappa shape index (κ1) is 15.8. The summed E-state index contributed by atoms with van der Waals surface area (Å²) in [7, 11) is -3.44. The lowest BCUT2D eigenvalue weighted by Gasteiger charge is -2.05. The Labute approximate surface area is 140 Å². The second-order valence-electron chi connectivity index (χ2n) is 5.44. The Hall–Kier alpha value is -1.07. The van der Waals surface area contributed by atoms with Gasteiger partial charge in [0.15, 0.2) is 9.84 Å². The Morgan fingerprint density at radius 1 is 1.00 bits per heavy atom. The van der Waals surface area contributed by atoms with Gasteiger partial charge in [-0.2, -0.15) is 0 Å². The van der Waals surface area contributed by atoms with E-state index in [1.165, 1.54) is 0 Å². The van der Waals surface area contributed by atoms with Crippen LogP contribution in [0.2, 0.25) is 10.0 Å². The maximum atomic E-state index is 12.8. The summed E-state index contributed by atoms with van der Waals surface area (Å²) < 4.78 is 25.6. The highest BCUT2D eigenvalue weighted by Gasteiger charge is 2.58. The van der Waals surface area contributed by atoms with Crippen LogP contribution in [0.5, 0.6) is 0 Å². The number of hydrogen-bond acceptors (Lipinski definition) is 3. The maximum Gasteiger partial charge on any atom is 0.182 e. The van der Waals surface area contributed by atoms with Crippen LogP contribution >= 0.6 is 23.2 Å². The summed E-state index contributed by atoms with van der Waals surface area (Å²) >= 11 is 11.8. The molecule has 3 nitrogen and oxygen atoms in total. The van der Waals surface area contributed by atoms with Gasteiger partial charge < -0.3 is 5.73 Å². The Balaban J connectivity index is 1.95. The van der Waals surface area contributed by atoms with Crippen molar-refractivity contribution in [2.75, 3.05) is 6.54 Å². The molecule has 3 unspecified atom stereocenters. The van der Waals surface area contributed by atoms with Crippen LogP contribution in [0.4, 0.5) is 0 Å². The fraction of sp³-hybridized carbons (Fsp3) is 0.250. The molecule has 0 amide bonds. The molecule has 0 radical (unpaired) electrons. The van der Waals surface area contributed by atoms with Gasteiger partial charge >= 0.3 is 0 Å². The minimum absolute atomic E-state index is 0.0841. The SMILES string of the molecule is NCC1C(c2cccc(Cl)c2)C1S(=O)(=O)c1ccc(Cl)cc1. The quantitative estimate of drug-likeness (QED) is 0.912. The van der Waals surface area contributed by atoms with Crippen molar-refractivity contribution in [3.05, 3.63) is 64.1 Å². The highest BCUT2D eigenvalue weighted by Crippen LogP contribution is 2.53. The van der Waals surface area contributed by atoms with Crippen molar-refractivity contribution in [2.24, 2.45) is 11.7 Å². The predicted octanol–water partition coefficient (Wildman–Crippen LogP) is 3.51. The van der Waals surface area contributed by atoms with Crippen molar-refractivity contribution in [1.29, 1.82) is 0 Å². The van der Waals surface area contributed by atoms with E-state index in [-0.39, 0.29) is 16.7 Å². The Bertz CT molecular complexity index is 790. The maximum absolute atomic E-state index is 12.8. The van der Waals surface area contributed by atoms with Gasteiger partial charge in [-0.3, -0.25) is 0 Å². The van der Waals surface area contributed by atoms with Crippen molar-refractivity contribution in [3.8, 4) is 0 Å². The van der Waals surface area contributed by atoms with Gasteiger partial charge in [-0.1, -0.05) is 35.3 Å². The van der Waals surface area contributed by atoms with Crippen molar-refractivity contribution in [1.82, 2.24) is 0 Å². The second-order valence-corrected chi connectivity index (χ2v) is 8.42. The van der Waals surface area contributed by atoms with E-state index in [1.54, 1.807) is 30.3 Å². The predicted molar refractivity (Wildman–Crippen MR) is 89.2 cm³/mol. The lowest BCUT2D eigenvalue weighted by atomic mass is 10.1. The number of sulfone groups is 1. The molecule has 0 bridgehead atoms. The average Bonchev–Trinajstić information content (AvgIpc) is 3.23. The fourth-order valence-electron chi connectivity index (χ4n) is 2.98. The number of rotatable bonds is 4. The van der Waals surface area contributed by atoms with Gasteiger partial charge in [-0.15, -0.1) is 0 Å². The largest absolute Gasteiger partial charge is 0.330 e. The van der Waals surface area contributed by atoms with Crippen molar-refractivity contribution in [3.63, 3.8) is 0 Å². The third kappa shape index (κ3) is 2.76. The van der Waals surface area contributed by atoms with Crippen LogP contribution in [-0.4, -0.2) is 20.2 Å². The molecule has 0 heterocycles. The lowest BCUT2D eigenvalue weighted by Crippen LogP contribution is -2.13. The van der Waals surface area contributed by atoms with Crippen LogP contribution < -0.4 is 5.73 Å². The third-order valence-corrected chi connectivity index (χ3v) is 6.88. The van der Waals surface area contributed by atoms with Crippen LogP contribution in [-0.2, 0) is 9.84 Å². The van der Waals surface area contributed by atoms with Gasteiger partial charge in [0.05, 0.1) is 10.1 Å². The summed E-state index contributed by atoms with van der Waals surface area (Å²) in [6, 6.07) is 13.6. The van der Waals surface area contributed by atoms with E-state index in [9.17, 15) is 8.42 Å². The molecule has 3 atom stereocenters. The number of hydrogen-bond donors (Lipinski definition) is 1. The minimum Gasteiger partial charge on any atom is -0.330 e. The van der Waals surface area contributed by atoms with Crippen LogP contribution in [0.25, 0.3) is 0 Å². The molecular weight excluding hydrogens is 341 g/mol. The summed E-state index contributed by atoms with van der Waals surface area (Å²) in [5, 5.41) is 0.608. The van der Waals surface area contributed by atoms with Crippen LogP contribution in [0.1, 0.15) is 11.5 Å². The molecule has 3 rings (SSSR count). The molecule has 0 spiro atoms. The average molecular weight is 356 g/mol. The molecule has 1 aliphatic rings. The van der Waals surface area contributed by atoms with E-state index < -0.39 is 15.1 Å². The van der Waals surface area contributed by atoms with Crippen LogP contribution in [0.15, 0.2) is 53.4 Å². The molecule has 0 aliphatic heterocycles. The summed E-state index contributed by atoms with van der Waals surface area (Å²) in [6.45, 7) is 0.328. The van der Waals surface area contributed by atoms with E-state index in [4.69, 9.17) is 28.9 Å². The molecule has 1 aliphatic carbocycles. The minimum atomic E-state index is -3.44. The zero-order valence-corrected chi connectivity index (χ0v) is 13.9. The van der Waals surface area contributed by atoms with E-state index in [1.807, 2.05) is 18.2 Å². The first-order valence-electron chi connectivity index (χ1n) is 6.90. The standard InChI is InChI=1S/C16H15Cl2NO2S/c17-11-4-6-13(7-5-11)22(20,21)16-14(9-19)15(16)10-2-1-3-12(18)8-10/h1-8,14-16H,9,19H2. The van der Waals surface area contributed by atoms with Crippen molar-refractivity contribution in [2.45, 2.75) is 16.1 Å². The van der Waals surface area contributed by atoms with Gasteiger partial charge in [0.2, 0.25) is 0 Å².